The predicted molar refractivity (Wildman–Crippen MR) is 64.9 cm³/mol. The normalized spacial score (nSPS) is 11.3. The van der Waals surface area contributed by atoms with E-state index in [2.05, 4.69) is 5.10 Å². The van der Waals surface area contributed by atoms with E-state index in [0.29, 0.717) is 5.69 Å². The zero-order valence-corrected chi connectivity index (χ0v) is 9.98. The Morgan fingerprint density at radius 3 is 2.76 bits per heavy atom. The highest BCUT2D eigenvalue weighted by molar-refractivity contribution is 6.06. The van der Waals surface area contributed by atoms with Crippen LogP contribution >= 0.6 is 0 Å². The Labute approximate surface area is 99.2 Å². The summed E-state index contributed by atoms with van der Waals surface area (Å²) in [5.74, 6) is -0.106. The van der Waals surface area contributed by atoms with Crippen molar-refractivity contribution in [3.05, 3.63) is 30.0 Å². The molecule has 0 bridgehead atoms. The monoisotopic (exact) mass is 234 g/mol. The number of para-hydroxylation sites is 1. The Morgan fingerprint density at radius 1 is 1.41 bits per heavy atom. The van der Waals surface area contributed by atoms with Gasteiger partial charge >= 0.3 is 0 Å². The van der Waals surface area contributed by atoms with Crippen LogP contribution in [0.2, 0.25) is 0 Å². The van der Waals surface area contributed by atoms with Crippen LogP contribution in [0.4, 0.5) is 4.39 Å². The summed E-state index contributed by atoms with van der Waals surface area (Å²) in [4.78, 5) is 12.0. The van der Waals surface area contributed by atoms with E-state index in [-0.39, 0.29) is 18.2 Å². The van der Waals surface area contributed by atoms with Crippen molar-refractivity contribution in [2.75, 3.05) is 6.67 Å². The van der Waals surface area contributed by atoms with E-state index in [4.69, 9.17) is 0 Å². The first kappa shape index (κ1) is 11.8. The van der Waals surface area contributed by atoms with Gasteiger partial charge < -0.3 is 0 Å². The molecule has 0 aliphatic carbocycles. The third-order valence-electron chi connectivity index (χ3n) is 2.71. The lowest BCUT2D eigenvalue weighted by atomic mass is 10.0. The highest BCUT2D eigenvalue weighted by atomic mass is 19.1. The van der Waals surface area contributed by atoms with Crippen molar-refractivity contribution in [2.24, 2.45) is 5.92 Å². The number of halogens is 1. The number of fused-ring (bicyclic) bond motifs is 1. The van der Waals surface area contributed by atoms with Crippen molar-refractivity contribution in [3.8, 4) is 0 Å². The van der Waals surface area contributed by atoms with Gasteiger partial charge in [0.1, 0.15) is 12.4 Å². The number of aromatic nitrogens is 2. The Kier molecular flexibility index (Phi) is 3.22. The number of carbonyl (C=O) groups is 1. The van der Waals surface area contributed by atoms with Crippen LogP contribution in [0, 0.1) is 5.92 Å². The second-order valence-electron chi connectivity index (χ2n) is 4.30. The molecule has 0 unspecified atom stereocenters. The van der Waals surface area contributed by atoms with E-state index in [0.717, 1.165) is 10.9 Å². The third-order valence-corrected chi connectivity index (χ3v) is 2.71. The molecular formula is C13H15FN2O. The molecule has 0 atom stereocenters. The summed E-state index contributed by atoms with van der Waals surface area (Å²) in [5.41, 5.74) is 1.26. The smallest absolute Gasteiger partial charge is 0.186 e. The van der Waals surface area contributed by atoms with E-state index in [9.17, 15) is 9.18 Å². The number of rotatable bonds is 4. The average molecular weight is 234 g/mol. The van der Waals surface area contributed by atoms with E-state index >= 15 is 0 Å². The Hall–Kier alpha value is -1.71. The summed E-state index contributed by atoms with van der Waals surface area (Å²) in [6.07, 6.45) is 0. The molecule has 0 saturated carbocycles. The molecule has 0 fully saturated rings. The van der Waals surface area contributed by atoms with Gasteiger partial charge in [0, 0.05) is 11.3 Å². The quantitative estimate of drug-likeness (QED) is 0.762. The van der Waals surface area contributed by atoms with Crippen molar-refractivity contribution >= 4 is 16.7 Å². The van der Waals surface area contributed by atoms with Gasteiger partial charge in [-0.1, -0.05) is 32.0 Å². The summed E-state index contributed by atoms with van der Waals surface area (Å²) < 4.78 is 14.0. The number of nitrogens with zero attached hydrogens (tertiary/aromatic N) is 2. The lowest BCUT2D eigenvalue weighted by Gasteiger charge is -2.00. The minimum atomic E-state index is -0.485. The largest absolute Gasteiger partial charge is 0.292 e. The lowest BCUT2D eigenvalue weighted by Crippen LogP contribution is -2.10. The number of aryl methyl sites for hydroxylation is 1. The molecule has 1 aromatic heterocycles. The van der Waals surface area contributed by atoms with Crippen LogP contribution in [-0.4, -0.2) is 22.2 Å². The molecule has 90 valence electrons. The third kappa shape index (κ3) is 2.07. The van der Waals surface area contributed by atoms with E-state index in [1.807, 2.05) is 38.1 Å². The second-order valence-corrected chi connectivity index (χ2v) is 4.30. The van der Waals surface area contributed by atoms with Crippen LogP contribution in [0.15, 0.2) is 24.3 Å². The summed E-state index contributed by atoms with van der Waals surface area (Å²) in [6.45, 7) is 3.38. The van der Waals surface area contributed by atoms with Crippen molar-refractivity contribution in [3.63, 3.8) is 0 Å². The van der Waals surface area contributed by atoms with Gasteiger partial charge in [-0.15, -0.1) is 0 Å². The highest BCUT2D eigenvalue weighted by Gasteiger charge is 2.18. The Bertz CT molecular complexity index is 545. The van der Waals surface area contributed by atoms with Gasteiger partial charge in [-0.2, -0.15) is 5.10 Å². The fourth-order valence-corrected chi connectivity index (χ4v) is 1.83. The predicted octanol–water partition coefficient (Wildman–Crippen LogP) is 2.84. The molecule has 2 aromatic rings. The molecular weight excluding hydrogens is 219 g/mol. The van der Waals surface area contributed by atoms with Gasteiger partial charge in [0.25, 0.3) is 0 Å². The highest BCUT2D eigenvalue weighted by Crippen LogP contribution is 2.20. The summed E-state index contributed by atoms with van der Waals surface area (Å²) >= 11 is 0. The molecule has 0 amide bonds. The van der Waals surface area contributed by atoms with Gasteiger partial charge in [0.15, 0.2) is 5.78 Å². The van der Waals surface area contributed by atoms with E-state index < -0.39 is 6.67 Å². The van der Waals surface area contributed by atoms with E-state index in [1.54, 1.807) is 4.68 Å². The minimum Gasteiger partial charge on any atom is -0.292 e. The molecule has 0 N–H and O–H groups in total. The molecule has 3 nitrogen and oxygen atoms in total. The van der Waals surface area contributed by atoms with Crippen LogP contribution in [0.3, 0.4) is 0 Å². The molecule has 0 aliphatic rings. The topological polar surface area (TPSA) is 34.9 Å². The van der Waals surface area contributed by atoms with Gasteiger partial charge in [0.05, 0.1) is 12.1 Å². The van der Waals surface area contributed by atoms with Gasteiger partial charge in [0.2, 0.25) is 0 Å². The van der Waals surface area contributed by atoms with Gasteiger partial charge in [-0.25, -0.2) is 4.39 Å². The maximum Gasteiger partial charge on any atom is 0.186 e. The second kappa shape index (κ2) is 4.65. The molecule has 1 aromatic carbocycles. The molecule has 2 rings (SSSR count). The van der Waals surface area contributed by atoms with Crippen LogP contribution in [0.1, 0.15) is 24.3 Å². The maximum atomic E-state index is 12.4. The first-order valence-corrected chi connectivity index (χ1v) is 5.71. The Balaban J connectivity index is 2.60. The number of carbonyl (C=O) groups excluding carboxylic acids is 1. The number of hydrogen-bond donors (Lipinski definition) is 0. The molecule has 4 heteroatoms. The minimum absolute atomic E-state index is 0.00110. The fraction of sp³-hybridized carbons (Fsp3) is 0.385. The SMILES string of the molecule is CC(C)C(=O)c1nn(CCF)c2ccccc12. The fourth-order valence-electron chi connectivity index (χ4n) is 1.83. The van der Waals surface area contributed by atoms with Crippen molar-refractivity contribution in [1.82, 2.24) is 9.78 Å². The first-order valence-electron chi connectivity index (χ1n) is 5.71. The van der Waals surface area contributed by atoms with Crippen LogP contribution in [0.5, 0.6) is 0 Å². The van der Waals surface area contributed by atoms with Crippen molar-refractivity contribution in [1.29, 1.82) is 0 Å². The molecule has 0 radical (unpaired) electrons. The number of hydrogen-bond acceptors (Lipinski definition) is 2. The van der Waals surface area contributed by atoms with Crippen LogP contribution in [0.25, 0.3) is 10.9 Å². The summed E-state index contributed by atoms with van der Waals surface area (Å²) in [6, 6.07) is 7.44. The average Bonchev–Trinajstić information content (AvgIpc) is 2.68. The molecule has 1 heterocycles. The standard InChI is InChI=1S/C13H15FN2O/c1-9(2)13(17)12-10-5-3-4-6-11(10)16(15-12)8-7-14/h3-6,9H,7-8H2,1-2H3. The first-order chi connectivity index (χ1) is 8.15. The van der Waals surface area contributed by atoms with Crippen molar-refractivity contribution in [2.45, 2.75) is 20.4 Å². The molecule has 0 spiro atoms. The summed E-state index contributed by atoms with van der Waals surface area (Å²) in [5, 5.41) is 5.03. The molecule has 0 aliphatic heterocycles. The number of benzene rings is 1. The van der Waals surface area contributed by atoms with Crippen LogP contribution in [-0.2, 0) is 6.54 Å². The Morgan fingerprint density at radius 2 is 2.12 bits per heavy atom. The molecule has 0 saturated heterocycles. The van der Waals surface area contributed by atoms with Gasteiger partial charge in [-0.3, -0.25) is 9.48 Å². The van der Waals surface area contributed by atoms with Crippen LogP contribution < -0.4 is 0 Å². The van der Waals surface area contributed by atoms with Gasteiger partial charge in [-0.05, 0) is 6.07 Å². The zero-order chi connectivity index (χ0) is 12.4. The summed E-state index contributed by atoms with van der Waals surface area (Å²) in [7, 11) is 0. The van der Waals surface area contributed by atoms with Crippen molar-refractivity contribution < 1.29 is 9.18 Å². The number of alkyl halides is 1. The van der Waals surface area contributed by atoms with E-state index in [1.165, 1.54) is 0 Å². The zero-order valence-electron chi connectivity index (χ0n) is 9.98. The number of ketones is 1. The maximum absolute atomic E-state index is 12.4. The molecule has 17 heavy (non-hydrogen) atoms. The number of Topliss-reactive ketones (excluding diaryl/α,β-unsaturated/α-hetero) is 1. The lowest BCUT2D eigenvalue weighted by molar-refractivity contribution is 0.0935.